The zero-order valence-corrected chi connectivity index (χ0v) is 7.44. The van der Waals surface area contributed by atoms with Gasteiger partial charge in [0.25, 0.3) is 0 Å². The van der Waals surface area contributed by atoms with Gasteiger partial charge in [0.2, 0.25) is 0 Å². The van der Waals surface area contributed by atoms with Gasteiger partial charge < -0.3 is 10.8 Å². The van der Waals surface area contributed by atoms with Crippen molar-refractivity contribution in [1.29, 1.82) is 5.26 Å². The second-order valence-corrected chi connectivity index (χ2v) is 2.97. The zero-order chi connectivity index (χ0) is 9.84. The van der Waals surface area contributed by atoms with E-state index in [0.717, 1.165) is 0 Å². The number of aliphatic hydroxyl groups excluding tert-OH is 1. The van der Waals surface area contributed by atoms with E-state index in [4.69, 9.17) is 11.0 Å². The fourth-order valence-corrected chi connectivity index (χ4v) is 1.15. The third kappa shape index (κ3) is 2.05. The standard InChI is InChI=1S/C10H12N2O/c1-7(13)10(12)9-5-3-2-4-8(9)6-11/h2-5,7,10,13H,12H2,1H3/t7-,10-/m1/s1. The average Bonchev–Trinajstić information content (AvgIpc) is 2.16. The molecule has 0 aromatic heterocycles. The van der Waals surface area contributed by atoms with Gasteiger partial charge in [-0.05, 0) is 18.6 Å². The van der Waals surface area contributed by atoms with Crippen LogP contribution in [0.1, 0.15) is 24.1 Å². The highest BCUT2D eigenvalue weighted by Gasteiger charge is 2.14. The highest BCUT2D eigenvalue weighted by Crippen LogP contribution is 2.17. The first kappa shape index (κ1) is 9.72. The molecule has 0 radical (unpaired) electrons. The van der Waals surface area contributed by atoms with Gasteiger partial charge in [-0.25, -0.2) is 0 Å². The Morgan fingerprint density at radius 2 is 2.08 bits per heavy atom. The van der Waals surface area contributed by atoms with Gasteiger partial charge >= 0.3 is 0 Å². The summed E-state index contributed by atoms with van der Waals surface area (Å²) < 4.78 is 0. The zero-order valence-electron chi connectivity index (χ0n) is 7.44. The van der Waals surface area contributed by atoms with E-state index in [9.17, 15) is 5.11 Å². The van der Waals surface area contributed by atoms with E-state index < -0.39 is 12.1 Å². The molecule has 2 atom stereocenters. The van der Waals surface area contributed by atoms with Crippen molar-refractivity contribution in [2.45, 2.75) is 19.1 Å². The molecule has 0 heterocycles. The molecule has 0 saturated heterocycles. The molecule has 68 valence electrons. The van der Waals surface area contributed by atoms with E-state index >= 15 is 0 Å². The van der Waals surface area contributed by atoms with E-state index in [1.807, 2.05) is 6.07 Å². The Morgan fingerprint density at radius 3 is 2.62 bits per heavy atom. The van der Waals surface area contributed by atoms with Crippen LogP contribution in [0.4, 0.5) is 0 Å². The van der Waals surface area contributed by atoms with E-state index in [-0.39, 0.29) is 0 Å². The van der Waals surface area contributed by atoms with Gasteiger partial charge in [0.05, 0.1) is 23.8 Å². The fraction of sp³-hybridized carbons (Fsp3) is 0.300. The van der Waals surface area contributed by atoms with Crippen molar-refractivity contribution in [1.82, 2.24) is 0 Å². The fourth-order valence-electron chi connectivity index (χ4n) is 1.15. The third-order valence-corrected chi connectivity index (χ3v) is 1.96. The molecule has 0 aliphatic rings. The average molecular weight is 176 g/mol. The Morgan fingerprint density at radius 1 is 1.46 bits per heavy atom. The maximum atomic E-state index is 9.26. The molecule has 0 aliphatic heterocycles. The highest BCUT2D eigenvalue weighted by molar-refractivity contribution is 5.39. The maximum absolute atomic E-state index is 9.26. The van der Waals surface area contributed by atoms with Gasteiger partial charge in [0.1, 0.15) is 0 Å². The van der Waals surface area contributed by atoms with E-state index in [2.05, 4.69) is 0 Å². The summed E-state index contributed by atoms with van der Waals surface area (Å²) in [6.07, 6.45) is -0.644. The molecule has 0 saturated carbocycles. The summed E-state index contributed by atoms with van der Waals surface area (Å²) in [7, 11) is 0. The molecule has 0 amide bonds. The van der Waals surface area contributed by atoms with Crippen LogP contribution in [0.3, 0.4) is 0 Å². The number of rotatable bonds is 2. The second kappa shape index (κ2) is 4.04. The van der Waals surface area contributed by atoms with Crippen LogP contribution in [0, 0.1) is 11.3 Å². The molecule has 0 aliphatic carbocycles. The van der Waals surface area contributed by atoms with Crippen molar-refractivity contribution in [2.24, 2.45) is 5.73 Å². The molecule has 3 nitrogen and oxygen atoms in total. The SMILES string of the molecule is C[C@@H](O)[C@@H](N)c1ccccc1C#N. The molecular formula is C10H12N2O. The second-order valence-electron chi connectivity index (χ2n) is 2.97. The summed E-state index contributed by atoms with van der Waals surface area (Å²) in [5, 5.41) is 18.0. The number of nitriles is 1. The predicted octanol–water partition coefficient (Wildman–Crippen LogP) is 0.939. The van der Waals surface area contributed by atoms with Crippen molar-refractivity contribution in [2.75, 3.05) is 0 Å². The number of aliphatic hydroxyl groups is 1. The lowest BCUT2D eigenvalue weighted by Crippen LogP contribution is -2.23. The van der Waals surface area contributed by atoms with Crippen LogP contribution in [0.25, 0.3) is 0 Å². The first-order chi connectivity index (χ1) is 6.16. The minimum atomic E-state index is -0.644. The summed E-state index contributed by atoms with van der Waals surface area (Å²) in [5.74, 6) is 0. The van der Waals surface area contributed by atoms with Crippen LogP contribution < -0.4 is 5.73 Å². The van der Waals surface area contributed by atoms with Crippen LogP contribution in [0.5, 0.6) is 0 Å². The van der Waals surface area contributed by atoms with E-state index in [0.29, 0.717) is 11.1 Å². The molecule has 1 aromatic rings. The molecule has 1 aromatic carbocycles. The van der Waals surface area contributed by atoms with Crippen LogP contribution >= 0.6 is 0 Å². The van der Waals surface area contributed by atoms with Crippen molar-refractivity contribution >= 4 is 0 Å². The molecular weight excluding hydrogens is 164 g/mol. The van der Waals surface area contributed by atoms with Crippen molar-refractivity contribution in [3.63, 3.8) is 0 Å². The van der Waals surface area contributed by atoms with Crippen LogP contribution in [0.15, 0.2) is 24.3 Å². The van der Waals surface area contributed by atoms with E-state index in [1.54, 1.807) is 31.2 Å². The monoisotopic (exact) mass is 176 g/mol. The molecule has 0 spiro atoms. The molecule has 1 rings (SSSR count). The highest BCUT2D eigenvalue weighted by atomic mass is 16.3. The topological polar surface area (TPSA) is 70.0 Å². The third-order valence-electron chi connectivity index (χ3n) is 1.96. The van der Waals surface area contributed by atoms with Crippen molar-refractivity contribution in [3.8, 4) is 6.07 Å². The summed E-state index contributed by atoms with van der Waals surface area (Å²) in [4.78, 5) is 0. The van der Waals surface area contributed by atoms with Gasteiger partial charge in [-0.1, -0.05) is 18.2 Å². The van der Waals surface area contributed by atoms with Gasteiger partial charge in [-0.3, -0.25) is 0 Å². The Bertz CT molecular complexity index is 328. The summed E-state index contributed by atoms with van der Waals surface area (Å²) in [6, 6.07) is 8.58. The minimum absolute atomic E-state index is 0.490. The first-order valence-corrected chi connectivity index (χ1v) is 4.09. The first-order valence-electron chi connectivity index (χ1n) is 4.09. The Labute approximate surface area is 77.4 Å². The Hall–Kier alpha value is -1.37. The van der Waals surface area contributed by atoms with Crippen LogP contribution in [-0.2, 0) is 0 Å². The summed E-state index contributed by atoms with van der Waals surface area (Å²) in [5.41, 5.74) is 6.93. The summed E-state index contributed by atoms with van der Waals surface area (Å²) in [6.45, 7) is 1.61. The smallest absolute Gasteiger partial charge is 0.0995 e. The lowest BCUT2D eigenvalue weighted by molar-refractivity contribution is 0.164. The molecule has 0 unspecified atom stereocenters. The van der Waals surface area contributed by atoms with Gasteiger partial charge in [-0.15, -0.1) is 0 Å². The predicted molar refractivity (Wildman–Crippen MR) is 49.8 cm³/mol. The van der Waals surface area contributed by atoms with Gasteiger partial charge in [0.15, 0.2) is 0 Å². The number of benzene rings is 1. The van der Waals surface area contributed by atoms with Crippen molar-refractivity contribution < 1.29 is 5.11 Å². The number of hydrogen-bond donors (Lipinski definition) is 2. The molecule has 13 heavy (non-hydrogen) atoms. The number of nitrogens with zero attached hydrogens (tertiary/aromatic N) is 1. The molecule has 0 bridgehead atoms. The Balaban J connectivity index is 3.07. The quantitative estimate of drug-likeness (QED) is 0.704. The van der Waals surface area contributed by atoms with Crippen LogP contribution in [-0.4, -0.2) is 11.2 Å². The lowest BCUT2D eigenvalue weighted by atomic mass is 9.98. The molecule has 3 N–H and O–H groups in total. The maximum Gasteiger partial charge on any atom is 0.0995 e. The minimum Gasteiger partial charge on any atom is -0.391 e. The van der Waals surface area contributed by atoms with Crippen molar-refractivity contribution in [3.05, 3.63) is 35.4 Å². The van der Waals surface area contributed by atoms with E-state index in [1.165, 1.54) is 0 Å². The molecule has 3 heteroatoms. The van der Waals surface area contributed by atoms with Crippen LogP contribution in [0.2, 0.25) is 0 Å². The lowest BCUT2D eigenvalue weighted by Gasteiger charge is -2.15. The number of hydrogen-bond acceptors (Lipinski definition) is 3. The Kier molecular flexibility index (Phi) is 3.02. The largest absolute Gasteiger partial charge is 0.391 e. The summed E-state index contributed by atoms with van der Waals surface area (Å²) >= 11 is 0. The normalized spacial score (nSPS) is 14.6. The van der Waals surface area contributed by atoms with Gasteiger partial charge in [0, 0.05) is 0 Å². The molecule has 0 fully saturated rings. The van der Waals surface area contributed by atoms with Gasteiger partial charge in [-0.2, -0.15) is 5.26 Å². The number of nitrogens with two attached hydrogens (primary N) is 1.